The lowest BCUT2D eigenvalue weighted by molar-refractivity contribution is -0.0641. The van der Waals surface area contributed by atoms with E-state index in [1.165, 1.54) is 12.8 Å². The van der Waals surface area contributed by atoms with Crippen LogP contribution in [0.5, 0.6) is 0 Å². The summed E-state index contributed by atoms with van der Waals surface area (Å²) >= 11 is 0. The van der Waals surface area contributed by atoms with Crippen molar-refractivity contribution in [2.45, 2.75) is 44.8 Å². The number of aliphatic hydroxyl groups is 1. The molecule has 4 nitrogen and oxygen atoms in total. The van der Waals surface area contributed by atoms with Gasteiger partial charge in [-0.2, -0.15) is 0 Å². The van der Waals surface area contributed by atoms with Gasteiger partial charge in [0.1, 0.15) is 11.4 Å². The van der Waals surface area contributed by atoms with Crippen LogP contribution in [-0.2, 0) is 16.9 Å². The van der Waals surface area contributed by atoms with Gasteiger partial charge in [-0.15, -0.1) is 0 Å². The Bertz CT molecular complexity index is 351. The molecule has 4 heteroatoms. The Labute approximate surface area is 96.0 Å². The molecule has 1 aliphatic carbocycles. The smallest absolute Gasteiger partial charge is 0.138 e. The zero-order valence-electron chi connectivity index (χ0n) is 9.99. The first kappa shape index (κ1) is 11.6. The van der Waals surface area contributed by atoms with Crippen molar-refractivity contribution in [1.82, 2.24) is 9.97 Å². The fourth-order valence-electron chi connectivity index (χ4n) is 2.67. The zero-order chi connectivity index (χ0) is 11.6. The highest BCUT2D eigenvalue weighted by Gasteiger charge is 2.39. The van der Waals surface area contributed by atoms with E-state index in [9.17, 15) is 0 Å². The summed E-state index contributed by atoms with van der Waals surface area (Å²) in [5.41, 5.74) is 0.482. The Hall–Kier alpha value is -0.870. The van der Waals surface area contributed by atoms with Crippen LogP contribution < -0.4 is 0 Å². The van der Waals surface area contributed by atoms with Crippen LogP contribution in [0.2, 0.25) is 0 Å². The Morgan fingerprint density at radius 3 is 3.06 bits per heavy atom. The third-order valence-electron chi connectivity index (χ3n) is 3.58. The molecule has 1 saturated carbocycles. The Balaban J connectivity index is 2.25. The molecule has 2 N–H and O–H groups in total. The molecule has 16 heavy (non-hydrogen) atoms. The van der Waals surface area contributed by atoms with E-state index in [4.69, 9.17) is 9.84 Å². The number of hydrogen-bond donors (Lipinski definition) is 2. The highest BCUT2D eigenvalue weighted by Crippen LogP contribution is 2.41. The molecule has 2 atom stereocenters. The number of H-pyrrole nitrogens is 1. The summed E-state index contributed by atoms with van der Waals surface area (Å²) in [6.07, 6.45) is 6.13. The third kappa shape index (κ3) is 1.99. The molecule has 0 amide bonds. The molecule has 0 bridgehead atoms. The van der Waals surface area contributed by atoms with Gasteiger partial charge in [0, 0.05) is 7.11 Å². The number of aromatic amines is 1. The van der Waals surface area contributed by atoms with Crippen LogP contribution in [0.15, 0.2) is 6.20 Å². The first-order valence-electron chi connectivity index (χ1n) is 5.90. The summed E-state index contributed by atoms with van der Waals surface area (Å²) in [5, 5.41) is 9.05. The van der Waals surface area contributed by atoms with E-state index in [1.54, 1.807) is 13.3 Å². The van der Waals surface area contributed by atoms with E-state index < -0.39 is 0 Å². The summed E-state index contributed by atoms with van der Waals surface area (Å²) in [7, 11) is 1.75. The summed E-state index contributed by atoms with van der Waals surface area (Å²) in [5.74, 6) is 1.53. The summed E-state index contributed by atoms with van der Waals surface area (Å²) < 4.78 is 5.72. The van der Waals surface area contributed by atoms with E-state index in [0.717, 1.165) is 24.4 Å². The van der Waals surface area contributed by atoms with Gasteiger partial charge in [0.25, 0.3) is 0 Å². The topological polar surface area (TPSA) is 58.1 Å². The summed E-state index contributed by atoms with van der Waals surface area (Å²) in [4.78, 5) is 7.51. The van der Waals surface area contributed by atoms with E-state index in [2.05, 4.69) is 16.9 Å². The number of rotatable bonds is 3. The van der Waals surface area contributed by atoms with Crippen LogP contribution in [0, 0.1) is 5.92 Å². The van der Waals surface area contributed by atoms with Gasteiger partial charge in [-0.3, -0.25) is 0 Å². The van der Waals surface area contributed by atoms with Crippen molar-refractivity contribution >= 4 is 0 Å². The molecular weight excluding hydrogens is 204 g/mol. The number of nitrogens with one attached hydrogen (secondary N) is 1. The molecule has 2 unspecified atom stereocenters. The monoisotopic (exact) mass is 224 g/mol. The molecule has 0 saturated heterocycles. The minimum atomic E-state index is -0.273. The predicted octanol–water partition coefficient (Wildman–Crippen LogP) is 1.95. The minimum Gasteiger partial charge on any atom is -0.390 e. The van der Waals surface area contributed by atoms with Gasteiger partial charge in [0.15, 0.2) is 0 Å². The van der Waals surface area contributed by atoms with Gasteiger partial charge < -0.3 is 14.8 Å². The second kappa shape index (κ2) is 4.55. The van der Waals surface area contributed by atoms with Crippen molar-refractivity contribution in [3.8, 4) is 0 Å². The van der Waals surface area contributed by atoms with Crippen molar-refractivity contribution in [3.63, 3.8) is 0 Å². The molecule has 2 rings (SSSR count). The summed E-state index contributed by atoms with van der Waals surface area (Å²) in [6.45, 7) is 2.26. The van der Waals surface area contributed by atoms with Crippen LogP contribution in [0.25, 0.3) is 0 Å². The fraction of sp³-hybridized carbons (Fsp3) is 0.750. The third-order valence-corrected chi connectivity index (χ3v) is 3.58. The van der Waals surface area contributed by atoms with Crippen molar-refractivity contribution in [3.05, 3.63) is 17.7 Å². The zero-order valence-corrected chi connectivity index (χ0v) is 9.99. The van der Waals surface area contributed by atoms with Crippen LogP contribution in [0.4, 0.5) is 0 Å². The standard InChI is InChI=1S/C12H20N2O2/c1-9-4-3-5-12(6-9,16-2)11-13-7-10(8-15)14-11/h7,9,15H,3-6,8H2,1-2H3,(H,13,14). The normalized spacial score (nSPS) is 30.6. The quantitative estimate of drug-likeness (QED) is 0.825. The number of hydrogen-bond acceptors (Lipinski definition) is 3. The molecule has 1 aromatic rings. The molecule has 90 valence electrons. The first-order valence-corrected chi connectivity index (χ1v) is 5.90. The van der Waals surface area contributed by atoms with E-state index in [0.29, 0.717) is 5.92 Å². The lowest BCUT2D eigenvalue weighted by atomic mass is 9.78. The Kier molecular flexibility index (Phi) is 3.30. The molecule has 1 fully saturated rings. The van der Waals surface area contributed by atoms with Gasteiger partial charge in [-0.05, 0) is 25.2 Å². The maximum absolute atomic E-state index is 9.05. The van der Waals surface area contributed by atoms with Gasteiger partial charge >= 0.3 is 0 Å². The number of methoxy groups -OCH3 is 1. The van der Waals surface area contributed by atoms with E-state index in [1.807, 2.05) is 0 Å². The van der Waals surface area contributed by atoms with Gasteiger partial charge in [-0.1, -0.05) is 13.3 Å². The molecule has 0 aromatic carbocycles. The molecule has 1 aliphatic rings. The van der Waals surface area contributed by atoms with Crippen molar-refractivity contribution in [1.29, 1.82) is 0 Å². The van der Waals surface area contributed by atoms with E-state index in [-0.39, 0.29) is 12.2 Å². The molecule has 0 aliphatic heterocycles. The highest BCUT2D eigenvalue weighted by molar-refractivity contribution is 5.10. The average Bonchev–Trinajstić information content (AvgIpc) is 2.78. The first-order chi connectivity index (χ1) is 7.70. The Morgan fingerprint density at radius 2 is 2.50 bits per heavy atom. The van der Waals surface area contributed by atoms with Gasteiger partial charge in [0.2, 0.25) is 0 Å². The van der Waals surface area contributed by atoms with Gasteiger partial charge in [-0.25, -0.2) is 4.98 Å². The second-order valence-electron chi connectivity index (χ2n) is 4.82. The van der Waals surface area contributed by atoms with Crippen molar-refractivity contribution < 1.29 is 9.84 Å². The van der Waals surface area contributed by atoms with Gasteiger partial charge in [0.05, 0.1) is 18.5 Å². The number of aromatic nitrogens is 2. The van der Waals surface area contributed by atoms with Crippen LogP contribution in [0.1, 0.15) is 44.1 Å². The lowest BCUT2D eigenvalue weighted by Gasteiger charge is -2.37. The molecule has 0 spiro atoms. The SMILES string of the molecule is COC1(c2ncc(CO)[nH]2)CCCC(C)C1. The van der Waals surface area contributed by atoms with Crippen molar-refractivity contribution in [2.24, 2.45) is 5.92 Å². The number of nitrogens with zero attached hydrogens (tertiary/aromatic N) is 1. The number of aliphatic hydroxyl groups excluding tert-OH is 1. The van der Waals surface area contributed by atoms with Crippen LogP contribution in [0.3, 0.4) is 0 Å². The maximum atomic E-state index is 9.05. The van der Waals surface area contributed by atoms with Crippen LogP contribution >= 0.6 is 0 Å². The second-order valence-corrected chi connectivity index (χ2v) is 4.82. The molecule has 0 radical (unpaired) electrons. The average molecular weight is 224 g/mol. The number of ether oxygens (including phenoxy) is 1. The minimum absolute atomic E-state index is 0.00233. The fourth-order valence-corrected chi connectivity index (χ4v) is 2.67. The van der Waals surface area contributed by atoms with Crippen LogP contribution in [-0.4, -0.2) is 22.2 Å². The molecule has 1 heterocycles. The number of imidazole rings is 1. The van der Waals surface area contributed by atoms with E-state index >= 15 is 0 Å². The summed E-state index contributed by atoms with van der Waals surface area (Å²) in [6, 6.07) is 0. The maximum Gasteiger partial charge on any atom is 0.138 e. The molecule has 1 aromatic heterocycles. The Morgan fingerprint density at radius 1 is 1.69 bits per heavy atom. The lowest BCUT2D eigenvalue weighted by Crippen LogP contribution is -2.35. The van der Waals surface area contributed by atoms with Crippen molar-refractivity contribution in [2.75, 3.05) is 7.11 Å². The predicted molar refractivity (Wildman–Crippen MR) is 60.8 cm³/mol. The highest BCUT2D eigenvalue weighted by atomic mass is 16.5. The molecular formula is C12H20N2O2. The largest absolute Gasteiger partial charge is 0.390 e.